The number of benzene rings is 1. The number of hydrogen-bond acceptors (Lipinski definition) is 7. The van der Waals surface area contributed by atoms with Crippen LogP contribution < -0.4 is 4.90 Å². The molecule has 1 aliphatic heterocycles. The second kappa shape index (κ2) is 6.73. The van der Waals surface area contributed by atoms with Crippen molar-refractivity contribution in [2.45, 2.75) is 13.3 Å². The third kappa shape index (κ3) is 4.03. The number of non-ortho nitro benzene ring substituents is 2. The Kier molecular flexibility index (Phi) is 4.94. The zero-order valence-electron chi connectivity index (χ0n) is 12.1. The molecule has 1 atom stereocenters. The molecular weight excluding hydrogens is 326 g/mol. The zero-order valence-corrected chi connectivity index (χ0v) is 12.9. The summed E-state index contributed by atoms with van der Waals surface area (Å²) in [7, 11) is 0. The predicted octanol–water partition coefficient (Wildman–Crippen LogP) is 2.14. The number of thioether (sulfide) groups is 1. The van der Waals surface area contributed by atoms with E-state index in [-0.39, 0.29) is 35.6 Å². The fraction of sp³-hybridized carbons (Fsp3) is 0.385. The first kappa shape index (κ1) is 16.9. The highest BCUT2D eigenvalue weighted by Crippen LogP contribution is 2.33. The van der Waals surface area contributed by atoms with Crippen molar-refractivity contribution in [3.63, 3.8) is 0 Å². The van der Waals surface area contributed by atoms with Crippen LogP contribution in [-0.2, 0) is 9.59 Å². The molecule has 1 aromatic carbocycles. The van der Waals surface area contributed by atoms with E-state index in [0.29, 0.717) is 5.75 Å². The van der Waals surface area contributed by atoms with Gasteiger partial charge in [-0.3, -0.25) is 29.8 Å². The number of carbonyl (C=O) groups excluding carboxylic acids is 2. The molecule has 1 amide bonds. The Morgan fingerprint density at radius 3 is 2.30 bits per heavy atom. The molecule has 23 heavy (non-hydrogen) atoms. The van der Waals surface area contributed by atoms with Crippen LogP contribution in [0.1, 0.15) is 13.3 Å². The van der Waals surface area contributed by atoms with Crippen LogP contribution in [0.2, 0.25) is 0 Å². The summed E-state index contributed by atoms with van der Waals surface area (Å²) in [4.78, 5) is 44.7. The monoisotopic (exact) mass is 339 g/mol. The van der Waals surface area contributed by atoms with E-state index in [4.69, 9.17) is 0 Å². The maximum atomic E-state index is 12.1. The number of nitrogens with zero attached hydrogens (tertiary/aromatic N) is 3. The lowest BCUT2D eigenvalue weighted by Gasteiger charge is -2.16. The molecule has 1 heterocycles. The molecule has 0 saturated carbocycles. The van der Waals surface area contributed by atoms with Gasteiger partial charge in [0, 0.05) is 37.8 Å². The van der Waals surface area contributed by atoms with Crippen LogP contribution in [0, 0.1) is 26.1 Å². The molecule has 0 aliphatic carbocycles. The number of rotatable bonds is 5. The molecule has 1 saturated heterocycles. The largest absolute Gasteiger partial charge is 0.312 e. The molecule has 0 aromatic heterocycles. The highest BCUT2D eigenvalue weighted by molar-refractivity contribution is 8.13. The molecule has 1 aliphatic rings. The first-order valence-corrected chi connectivity index (χ1v) is 7.64. The van der Waals surface area contributed by atoms with Crippen molar-refractivity contribution >= 4 is 39.8 Å². The van der Waals surface area contributed by atoms with Crippen molar-refractivity contribution < 1.29 is 19.4 Å². The topological polar surface area (TPSA) is 124 Å². The van der Waals surface area contributed by atoms with Gasteiger partial charge in [-0.2, -0.15) is 0 Å². The van der Waals surface area contributed by atoms with E-state index in [2.05, 4.69) is 0 Å². The minimum absolute atomic E-state index is 0.0538. The fourth-order valence-corrected chi connectivity index (χ4v) is 3.02. The van der Waals surface area contributed by atoms with Crippen LogP contribution in [0.3, 0.4) is 0 Å². The molecule has 122 valence electrons. The lowest BCUT2D eigenvalue weighted by molar-refractivity contribution is -0.394. The molecule has 1 fully saturated rings. The molecule has 1 unspecified atom stereocenters. The first-order chi connectivity index (χ1) is 10.8. The summed E-state index contributed by atoms with van der Waals surface area (Å²) < 4.78 is 0. The second-order valence-electron chi connectivity index (χ2n) is 5.10. The van der Waals surface area contributed by atoms with Crippen molar-refractivity contribution in [1.29, 1.82) is 0 Å². The predicted molar refractivity (Wildman–Crippen MR) is 83.3 cm³/mol. The number of amides is 1. The van der Waals surface area contributed by atoms with Gasteiger partial charge < -0.3 is 4.90 Å². The standard InChI is InChI=1S/C13H13N3O6S/c1-8(17)23-7-9-2-13(18)14(6-9)10-3-11(15(19)20)5-12(4-10)16(21)22/h3-5,9H,2,6-7H2,1H3. The van der Waals surface area contributed by atoms with Gasteiger partial charge in [0.25, 0.3) is 11.4 Å². The molecule has 2 rings (SSSR count). The van der Waals surface area contributed by atoms with Crippen LogP contribution in [0.25, 0.3) is 0 Å². The number of carbonyl (C=O) groups is 2. The average molecular weight is 339 g/mol. The second-order valence-corrected chi connectivity index (χ2v) is 6.30. The number of hydrogen-bond donors (Lipinski definition) is 0. The quantitative estimate of drug-likeness (QED) is 0.594. The van der Waals surface area contributed by atoms with Crippen LogP contribution in [0.5, 0.6) is 0 Å². The molecule has 9 nitrogen and oxygen atoms in total. The highest BCUT2D eigenvalue weighted by Gasteiger charge is 2.32. The van der Waals surface area contributed by atoms with E-state index in [1.807, 2.05) is 0 Å². The first-order valence-electron chi connectivity index (χ1n) is 6.65. The summed E-state index contributed by atoms with van der Waals surface area (Å²) in [5.74, 6) is 0.123. The Labute approximate surface area is 134 Å². The summed E-state index contributed by atoms with van der Waals surface area (Å²) in [5.41, 5.74) is -0.752. The third-order valence-corrected chi connectivity index (χ3v) is 4.39. The van der Waals surface area contributed by atoms with Gasteiger partial charge in [-0.1, -0.05) is 11.8 Å². The van der Waals surface area contributed by atoms with Gasteiger partial charge >= 0.3 is 0 Å². The fourth-order valence-electron chi connectivity index (χ4n) is 2.32. The van der Waals surface area contributed by atoms with Gasteiger partial charge in [-0.05, 0) is 5.92 Å². The van der Waals surface area contributed by atoms with Crippen LogP contribution in [0.4, 0.5) is 17.1 Å². The Bertz CT molecular complexity index is 660. The maximum Gasteiger partial charge on any atom is 0.278 e. The minimum Gasteiger partial charge on any atom is -0.312 e. The van der Waals surface area contributed by atoms with Crippen LogP contribution >= 0.6 is 11.8 Å². The summed E-state index contributed by atoms with van der Waals surface area (Å²) in [5, 5.41) is 21.8. The number of nitro benzene ring substituents is 2. The van der Waals surface area contributed by atoms with E-state index in [9.17, 15) is 29.8 Å². The van der Waals surface area contributed by atoms with E-state index < -0.39 is 21.2 Å². The lowest BCUT2D eigenvalue weighted by Crippen LogP contribution is -2.25. The average Bonchev–Trinajstić information content (AvgIpc) is 2.85. The summed E-state index contributed by atoms with van der Waals surface area (Å²) in [6.07, 6.45) is 0.205. The van der Waals surface area contributed by atoms with Gasteiger partial charge in [0.1, 0.15) is 0 Å². The van der Waals surface area contributed by atoms with Crippen LogP contribution in [-0.4, -0.2) is 33.2 Å². The Balaban J connectivity index is 2.27. The van der Waals surface area contributed by atoms with Gasteiger partial charge in [0.15, 0.2) is 5.12 Å². The molecular formula is C13H13N3O6S. The van der Waals surface area contributed by atoms with Crippen molar-refractivity contribution in [3.05, 3.63) is 38.4 Å². The molecule has 10 heteroatoms. The normalized spacial score (nSPS) is 17.3. The lowest BCUT2D eigenvalue weighted by atomic mass is 10.1. The minimum atomic E-state index is -0.736. The van der Waals surface area contributed by atoms with E-state index in [1.165, 1.54) is 11.8 Å². The summed E-state index contributed by atoms with van der Waals surface area (Å²) in [6, 6.07) is 3.14. The highest BCUT2D eigenvalue weighted by atomic mass is 32.2. The molecule has 0 radical (unpaired) electrons. The zero-order chi connectivity index (χ0) is 17.1. The Hall–Kier alpha value is -2.49. The SMILES string of the molecule is CC(=O)SCC1CC(=O)N(c2cc([N+](=O)[O-])cc([N+](=O)[O-])c2)C1. The molecule has 1 aromatic rings. The summed E-state index contributed by atoms with van der Waals surface area (Å²) in [6.45, 7) is 1.71. The third-order valence-electron chi connectivity index (χ3n) is 3.35. The van der Waals surface area contributed by atoms with E-state index >= 15 is 0 Å². The molecule has 0 N–H and O–H groups in total. The maximum absolute atomic E-state index is 12.1. The number of nitro groups is 2. The number of anilines is 1. The van der Waals surface area contributed by atoms with Crippen molar-refractivity contribution in [2.24, 2.45) is 5.92 Å². The Morgan fingerprint density at radius 1 is 1.26 bits per heavy atom. The van der Waals surface area contributed by atoms with E-state index in [0.717, 1.165) is 30.0 Å². The Morgan fingerprint density at radius 2 is 1.83 bits per heavy atom. The van der Waals surface area contributed by atoms with Gasteiger partial charge in [0.2, 0.25) is 5.91 Å². The molecule has 0 bridgehead atoms. The smallest absolute Gasteiger partial charge is 0.278 e. The van der Waals surface area contributed by atoms with Crippen molar-refractivity contribution in [1.82, 2.24) is 0 Å². The van der Waals surface area contributed by atoms with Crippen LogP contribution in [0.15, 0.2) is 18.2 Å². The van der Waals surface area contributed by atoms with E-state index in [1.54, 1.807) is 0 Å². The van der Waals surface area contributed by atoms with Gasteiger partial charge in [-0.15, -0.1) is 0 Å². The van der Waals surface area contributed by atoms with Crippen molar-refractivity contribution in [2.75, 3.05) is 17.2 Å². The summed E-state index contributed by atoms with van der Waals surface area (Å²) >= 11 is 1.11. The molecule has 0 spiro atoms. The van der Waals surface area contributed by atoms with Gasteiger partial charge in [0.05, 0.1) is 21.6 Å². The van der Waals surface area contributed by atoms with Crippen molar-refractivity contribution in [3.8, 4) is 0 Å². The van der Waals surface area contributed by atoms with Gasteiger partial charge in [-0.25, -0.2) is 0 Å².